The van der Waals surface area contributed by atoms with Crippen molar-refractivity contribution < 1.29 is 22.9 Å². The van der Waals surface area contributed by atoms with Gasteiger partial charge in [-0.1, -0.05) is 29.8 Å². The van der Waals surface area contributed by atoms with E-state index in [4.69, 9.17) is 4.74 Å². The summed E-state index contributed by atoms with van der Waals surface area (Å²) < 4.78 is 34.3. The predicted octanol–water partition coefficient (Wildman–Crippen LogP) is 2.90. The zero-order valence-corrected chi connectivity index (χ0v) is 16.6. The maximum Gasteiger partial charge on any atom is 0.258 e. The Balaban J connectivity index is 1.54. The Bertz CT molecular complexity index is 1070. The van der Waals surface area contributed by atoms with Gasteiger partial charge in [-0.05, 0) is 37.3 Å². The van der Waals surface area contributed by atoms with Crippen LogP contribution >= 0.6 is 0 Å². The molecule has 7 nitrogen and oxygen atoms in total. The lowest BCUT2D eigenvalue weighted by Crippen LogP contribution is -2.28. The van der Waals surface area contributed by atoms with Crippen LogP contribution in [-0.4, -0.2) is 20.9 Å². The number of sulfonamides is 1. The van der Waals surface area contributed by atoms with Gasteiger partial charge in [0.2, 0.25) is 0 Å². The smallest absolute Gasteiger partial charge is 0.258 e. The van der Waals surface area contributed by atoms with Crippen LogP contribution in [-0.2, 0) is 21.4 Å². The van der Waals surface area contributed by atoms with Gasteiger partial charge >= 0.3 is 0 Å². The van der Waals surface area contributed by atoms with Gasteiger partial charge in [-0.15, -0.1) is 5.69 Å². The average Bonchev–Trinajstić information content (AvgIpc) is 2.73. The number of hydrogen-bond acceptors (Lipinski definition) is 4. The third-order valence-corrected chi connectivity index (χ3v) is 5.39. The molecular formula is C21H21N3O4S. The summed E-state index contributed by atoms with van der Waals surface area (Å²) in [5, 5.41) is 2.74. The summed E-state index contributed by atoms with van der Waals surface area (Å²) in [7, 11) is -3.84. The second kappa shape index (κ2) is 9.20. The number of ether oxygens (including phenoxy) is 1. The molecule has 3 rings (SSSR count). The first-order valence-electron chi connectivity index (χ1n) is 8.92. The molecule has 0 saturated carbocycles. The molecule has 0 unspecified atom stereocenters. The molecule has 1 amide bonds. The molecule has 2 aromatic carbocycles. The van der Waals surface area contributed by atoms with Crippen LogP contribution in [0.2, 0.25) is 0 Å². The number of aromatic nitrogens is 1. The lowest BCUT2D eigenvalue weighted by Gasteiger charge is -2.24. The van der Waals surface area contributed by atoms with Crippen LogP contribution in [0.3, 0.4) is 0 Å². The molecule has 29 heavy (non-hydrogen) atoms. The zero-order chi connectivity index (χ0) is 20.7. The molecule has 150 valence electrons. The van der Waals surface area contributed by atoms with Crippen molar-refractivity contribution in [3.63, 3.8) is 0 Å². The van der Waals surface area contributed by atoms with Crippen LogP contribution in [0.15, 0.2) is 78.0 Å². The second-order valence-electron chi connectivity index (χ2n) is 6.30. The summed E-state index contributed by atoms with van der Waals surface area (Å²) >= 11 is 0. The van der Waals surface area contributed by atoms with Gasteiger partial charge in [0.15, 0.2) is 19.0 Å². The molecule has 0 bridgehead atoms. The molecule has 0 atom stereocenters. The van der Waals surface area contributed by atoms with E-state index in [1.807, 2.05) is 18.2 Å². The highest BCUT2D eigenvalue weighted by Gasteiger charge is 2.08. The number of nitrogens with one attached hydrogen (secondary N) is 2. The molecule has 2 N–H and O–H groups in total. The molecule has 8 heteroatoms. The number of pyridine rings is 1. The first kappa shape index (κ1) is 20.3. The van der Waals surface area contributed by atoms with Crippen LogP contribution in [0, 0.1) is 6.92 Å². The first-order valence-corrected chi connectivity index (χ1v) is 10.4. The van der Waals surface area contributed by atoms with Crippen molar-refractivity contribution in [2.45, 2.75) is 18.4 Å². The summed E-state index contributed by atoms with van der Waals surface area (Å²) in [6.07, 6.45) is 3.58. The van der Waals surface area contributed by atoms with Crippen LogP contribution in [0.4, 0.5) is 5.69 Å². The maximum atomic E-state index is 12.5. The number of nitrogens with zero attached hydrogens (tertiary/aromatic N) is 1. The van der Waals surface area contributed by atoms with E-state index < -0.39 is 10.0 Å². The van der Waals surface area contributed by atoms with E-state index in [9.17, 15) is 13.2 Å². The second-order valence-corrected chi connectivity index (χ2v) is 7.91. The average molecular weight is 411 g/mol. The summed E-state index contributed by atoms with van der Waals surface area (Å²) in [6, 6.07) is 16.6. The highest BCUT2D eigenvalue weighted by molar-refractivity contribution is 7.94. The topological polar surface area (TPSA) is 101 Å². The molecule has 0 aliphatic rings. The largest absolute Gasteiger partial charge is 0.572 e. The van der Waals surface area contributed by atoms with Gasteiger partial charge in [-0.3, -0.25) is 4.79 Å². The highest BCUT2D eigenvalue weighted by Crippen LogP contribution is 2.30. The van der Waals surface area contributed by atoms with E-state index in [-0.39, 0.29) is 17.4 Å². The highest BCUT2D eigenvalue weighted by atomic mass is 32.2. The minimum atomic E-state index is -3.84. The van der Waals surface area contributed by atoms with E-state index in [1.165, 1.54) is 24.3 Å². The van der Waals surface area contributed by atoms with Crippen LogP contribution < -0.4 is 15.0 Å². The van der Waals surface area contributed by atoms with Crippen molar-refractivity contribution in [3.8, 4) is 5.75 Å². The number of carbonyl (C=O) groups is 1. The number of benzene rings is 2. The van der Waals surface area contributed by atoms with Gasteiger partial charge in [-0.2, -0.15) is 0 Å². The van der Waals surface area contributed by atoms with Gasteiger partial charge in [-0.25, -0.2) is 13.4 Å². The number of aryl methyl sites for hydroxylation is 1. The molecule has 3 aromatic rings. The van der Waals surface area contributed by atoms with Crippen molar-refractivity contribution in [2.24, 2.45) is 0 Å². The lowest BCUT2D eigenvalue weighted by atomic mass is 10.2. The van der Waals surface area contributed by atoms with Crippen LogP contribution in [0.5, 0.6) is 5.75 Å². The van der Waals surface area contributed by atoms with Gasteiger partial charge in [0.05, 0.1) is 4.90 Å². The van der Waals surface area contributed by atoms with Gasteiger partial charge in [0.1, 0.15) is 15.8 Å². The van der Waals surface area contributed by atoms with Crippen molar-refractivity contribution in [3.05, 3.63) is 88.9 Å². The Labute approximate surface area is 169 Å². The number of carbonyl (C=O) groups excluding carboxylic acids is 1. The summed E-state index contributed by atoms with van der Waals surface area (Å²) in [5.74, 6) is 0.114. The number of amides is 1. The summed E-state index contributed by atoms with van der Waals surface area (Å²) in [6.45, 7) is 2.01. The van der Waals surface area contributed by atoms with Gasteiger partial charge < -0.3 is 14.8 Å². The number of H-pyrrole nitrogens is 1. The molecule has 0 aliphatic heterocycles. The normalized spacial score (nSPS) is 10.9. The van der Waals surface area contributed by atoms with Gasteiger partial charge in [0, 0.05) is 18.2 Å². The van der Waals surface area contributed by atoms with Crippen LogP contribution in [0.1, 0.15) is 11.1 Å². The van der Waals surface area contributed by atoms with E-state index in [1.54, 1.807) is 37.5 Å². The minimum Gasteiger partial charge on any atom is -0.572 e. The molecule has 0 aliphatic carbocycles. The first-order chi connectivity index (χ1) is 13.9. The van der Waals surface area contributed by atoms with E-state index >= 15 is 0 Å². The SMILES string of the molecule is Cc1ccccc1[N-]S(=O)(=O)c1ccc(OCC(=O)NCc2ccc[nH+]c2)cc1. The van der Waals surface area contributed by atoms with Crippen molar-refractivity contribution in [1.82, 2.24) is 5.32 Å². The Morgan fingerprint density at radius 2 is 1.83 bits per heavy atom. The van der Waals surface area contributed by atoms with E-state index in [0.717, 1.165) is 11.1 Å². The Morgan fingerprint density at radius 3 is 2.52 bits per heavy atom. The van der Waals surface area contributed by atoms with E-state index in [2.05, 4.69) is 15.0 Å². The fraction of sp³-hybridized carbons (Fsp3) is 0.143. The predicted molar refractivity (Wildman–Crippen MR) is 108 cm³/mol. The molecule has 1 heterocycles. The molecule has 0 fully saturated rings. The third kappa shape index (κ3) is 5.79. The molecule has 0 radical (unpaired) electrons. The Morgan fingerprint density at radius 1 is 1.07 bits per heavy atom. The standard InChI is InChI=1S/C21H20N3O4S/c1-16-5-2-3-7-20(16)24-29(26,27)19-10-8-18(9-11-19)28-15-21(25)23-14-17-6-4-12-22-13-17/h2-13H,14-15H2,1H3,(H,23,25)/q-1/p+1. The van der Waals surface area contributed by atoms with Crippen molar-refractivity contribution in [1.29, 1.82) is 0 Å². The van der Waals surface area contributed by atoms with Crippen molar-refractivity contribution >= 4 is 21.6 Å². The van der Waals surface area contributed by atoms with Gasteiger partial charge in [0.25, 0.3) is 5.91 Å². The molecular weight excluding hydrogens is 390 g/mol. The molecule has 1 aromatic heterocycles. The van der Waals surface area contributed by atoms with E-state index in [0.29, 0.717) is 18.0 Å². The fourth-order valence-corrected chi connectivity index (χ4v) is 3.55. The minimum absolute atomic E-state index is 0.0536. The fourth-order valence-electron chi connectivity index (χ4n) is 2.50. The summed E-state index contributed by atoms with van der Waals surface area (Å²) in [4.78, 5) is 14.9. The quantitative estimate of drug-likeness (QED) is 0.616. The van der Waals surface area contributed by atoms with Crippen molar-refractivity contribution in [2.75, 3.05) is 6.61 Å². The number of hydrogen-bond donors (Lipinski definition) is 1. The van der Waals surface area contributed by atoms with Crippen LogP contribution in [0.25, 0.3) is 4.72 Å². The zero-order valence-electron chi connectivity index (χ0n) is 15.8. The monoisotopic (exact) mass is 411 g/mol. The maximum absolute atomic E-state index is 12.5. The number of rotatable bonds is 8. The Kier molecular flexibility index (Phi) is 6.46. The Hall–Kier alpha value is -3.39. The third-order valence-electron chi connectivity index (χ3n) is 4.09. The molecule has 0 saturated heterocycles. The lowest BCUT2D eigenvalue weighted by molar-refractivity contribution is -0.378. The summed E-state index contributed by atoms with van der Waals surface area (Å²) in [5.41, 5.74) is 2.11. The molecule has 0 spiro atoms. The number of aromatic amines is 1.